The van der Waals surface area contributed by atoms with E-state index in [4.69, 9.17) is 9.47 Å². The second kappa shape index (κ2) is 11.6. The molecule has 0 bridgehead atoms. The van der Waals surface area contributed by atoms with E-state index in [1.807, 2.05) is 0 Å². The molecule has 0 aliphatic rings. The molecular weight excluding hydrogens is 240 g/mol. The number of rotatable bonds is 12. The van der Waals surface area contributed by atoms with Crippen LogP contribution in [0, 0.1) is 0 Å². The highest BCUT2D eigenvalue weighted by Crippen LogP contribution is 2.03. The summed E-state index contributed by atoms with van der Waals surface area (Å²) in [6, 6.07) is 1.15. The largest absolute Gasteiger partial charge is 0.378 e. The molecule has 0 unspecified atom stereocenters. The van der Waals surface area contributed by atoms with Crippen molar-refractivity contribution in [2.75, 3.05) is 53.1 Å². The Labute approximate surface area is 120 Å². The lowest BCUT2D eigenvalue weighted by Crippen LogP contribution is -2.39. The first-order valence-corrected chi connectivity index (χ1v) is 7.58. The van der Waals surface area contributed by atoms with Gasteiger partial charge in [-0.25, -0.2) is 0 Å². The Kier molecular flexibility index (Phi) is 11.6. The fourth-order valence-electron chi connectivity index (χ4n) is 1.98. The molecule has 0 rings (SSSR count). The number of likely N-dealkylation sites (N-methyl/N-ethyl adjacent to an activating group) is 1. The van der Waals surface area contributed by atoms with E-state index in [2.05, 4.69) is 51.5 Å². The summed E-state index contributed by atoms with van der Waals surface area (Å²) in [5.74, 6) is 0. The molecule has 0 radical (unpaired) electrons. The van der Waals surface area contributed by atoms with Crippen molar-refractivity contribution in [3.8, 4) is 0 Å². The average Bonchev–Trinajstić information content (AvgIpc) is 2.35. The molecule has 4 nitrogen and oxygen atoms in total. The summed E-state index contributed by atoms with van der Waals surface area (Å²) < 4.78 is 11.1. The predicted molar refractivity (Wildman–Crippen MR) is 81.8 cm³/mol. The monoisotopic (exact) mass is 274 g/mol. The third-order valence-electron chi connectivity index (χ3n) is 3.35. The van der Waals surface area contributed by atoms with Crippen molar-refractivity contribution in [3.63, 3.8) is 0 Å². The van der Waals surface area contributed by atoms with Crippen LogP contribution in [0.1, 0.15) is 34.6 Å². The maximum atomic E-state index is 5.62. The van der Waals surface area contributed by atoms with Gasteiger partial charge in [-0.1, -0.05) is 6.92 Å². The summed E-state index contributed by atoms with van der Waals surface area (Å²) >= 11 is 0. The van der Waals surface area contributed by atoms with Gasteiger partial charge in [0, 0.05) is 25.2 Å². The average molecular weight is 274 g/mol. The fraction of sp³-hybridized carbons (Fsp3) is 1.00. The van der Waals surface area contributed by atoms with Crippen molar-refractivity contribution in [2.45, 2.75) is 46.7 Å². The Morgan fingerprint density at radius 1 is 0.789 bits per heavy atom. The lowest BCUT2D eigenvalue weighted by molar-refractivity contribution is 0.0263. The molecule has 19 heavy (non-hydrogen) atoms. The van der Waals surface area contributed by atoms with Crippen LogP contribution in [-0.4, -0.2) is 75.0 Å². The number of nitrogens with zero attached hydrogens (tertiary/aromatic N) is 2. The van der Waals surface area contributed by atoms with Gasteiger partial charge in [-0.05, 0) is 41.3 Å². The topological polar surface area (TPSA) is 24.9 Å². The molecule has 0 heterocycles. The highest BCUT2D eigenvalue weighted by Gasteiger charge is 2.12. The van der Waals surface area contributed by atoms with E-state index in [0.717, 1.165) is 32.8 Å². The second-order valence-electron chi connectivity index (χ2n) is 5.55. The Morgan fingerprint density at radius 2 is 1.26 bits per heavy atom. The normalized spacial score (nSPS) is 12.3. The molecule has 0 aliphatic carbocycles. The van der Waals surface area contributed by atoms with Crippen molar-refractivity contribution in [1.29, 1.82) is 0 Å². The molecule has 0 amide bonds. The number of ether oxygens (including phenoxy) is 2. The van der Waals surface area contributed by atoms with Crippen molar-refractivity contribution in [2.24, 2.45) is 0 Å². The first kappa shape index (κ1) is 18.8. The molecule has 0 spiro atoms. The Balaban J connectivity index is 3.39. The molecule has 4 heteroatoms. The number of hydrogen-bond acceptors (Lipinski definition) is 4. The van der Waals surface area contributed by atoms with E-state index in [0.29, 0.717) is 25.3 Å². The van der Waals surface area contributed by atoms with Gasteiger partial charge < -0.3 is 14.4 Å². The minimum absolute atomic E-state index is 0.574. The van der Waals surface area contributed by atoms with E-state index < -0.39 is 0 Å². The Hall–Kier alpha value is -0.160. The molecule has 0 saturated carbocycles. The van der Waals surface area contributed by atoms with Crippen molar-refractivity contribution >= 4 is 0 Å². The van der Waals surface area contributed by atoms with E-state index >= 15 is 0 Å². The van der Waals surface area contributed by atoms with E-state index in [1.165, 1.54) is 0 Å². The number of hydrogen-bond donors (Lipinski definition) is 0. The first-order valence-electron chi connectivity index (χ1n) is 7.58. The van der Waals surface area contributed by atoms with Crippen LogP contribution in [0.25, 0.3) is 0 Å². The van der Waals surface area contributed by atoms with Gasteiger partial charge in [0.05, 0.1) is 26.4 Å². The van der Waals surface area contributed by atoms with E-state index in [1.54, 1.807) is 0 Å². The molecule has 0 aromatic rings. The standard InChI is InChI=1S/C15H34N2O2/c1-7-16(6)8-10-18-12-13-19-11-9-17(14(2)3)15(4)5/h14-15H,7-13H2,1-6H3. The minimum Gasteiger partial charge on any atom is -0.378 e. The summed E-state index contributed by atoms with van der Waals surface area (Å²) in [5.41, 5.74) is 0. The van der Waals surface area contributed by atoms with Gasteiger partial charge in [-0.15, -0.1) is 0 Å². The van der Waals surface area contributed by atoms with Crippen LogP contribution in [0.3, 0.4) is 0 Å². The zero-order chi connectivity index (χ0) is 14.7. The van der Waals surface area contributed by atoms with Crippen molar-refractivity contribution in [1.82, 2.24) is 9.80 Å². The van der Waals surface area contributed by atoms with Gasteiger partial charge in [-0.2, -0.15) is 0 Å². The lowest BCUT2D eigenvalue weighted by Gasteiger charge is -2.30. The summed E-state index contributed by atoms with van der Waals surface area (Å²) in [7, 11) is 2.10. The minimum atomic E-state index is 0.574. The highest BCUT2D eigenvalue weighted by atomic mass is 16.5. The van der Waals surface area contributed by atoms with E-state index in [-0.39, 0.29) is 0 Å². The maximum Gasteiger partial charge on any atom is 0.0701 e. The fourth-order valence-corrected chi connectivity index (χ4v) is 1.98. The second-order valence-corrected chi connectivity index (χ2v) is 5.55. The third-order valence-corrected chi connectivity index (χ3v) is 3.35. The third kappa shape index (κ3) is 10.3. The molecule has 116 valence electrons. The SMILES string of the molecule is CCN(C)CCOCCOCCN(C(C)C)C(C)C. The summed E-state index contributed by atoms with van der Waals surface area (Å²) in [6.45, 7) is 17.1. The van der Waals surface area contributed by atoms with Crippen LogP contribution < -0.4 is 0 Å². The van der Waals surface area contributed by atoms with Gasteiger partial charge in [0.2, 0.25) is 0 Å². The van der Waals surface area contributed by atoms with Crippen LogP contribution in [0.5, 0.6) is 0 Å². The lowest BCUT2D eigenvalue weighted by atomic mass is 10.2. The Bertz CT molecular complexity index is 191. The van der Waals surface area contributed by atoms with Crippen LogP contribution >= 0.6 is 0 Å². The van der Waals surface area contributed by atoms with E-state index in [9.17, 15) is 0 Å². The molecule has 0 aromatic heterocycles. The van der Waals surface area contributed by atoms with Crippen LogP contribution in [0.2, 0.25) is 0 Å². The van der Waals surface area contributed by atoms with Crippen LogP contribution in [0.4, 0.5) is 0 Å². The van der Waals surface area contributed by atoms with Crippen LogP contribution in [0.15, 0.2) is 0 Å². The summed E-state index contributed by atoms with van der Waals surface area (Å²) in [4.78, 5) is 4.68. The molecule has 0 fully saturated rings. The predicted octanol–water partition coefficient (Wildman–Crippen LogP) is 2.09. The molecule has 0 saturated heterocycles. The molecule has 0 atom stereocenters. The first-order chi connectivity index (χ1) is 8.99. The molecular formula is C15H34N2O2. The quantitative estimate of drug-likeness (QED) is 0.509. The van der Waals surface area contributed by atoms with Crippen molar-refractivity contribution < 1.29 is 9.47 Å². The molecule has 0 N–H and O–H groups in total. The van der Waals surface area contributed by atoms with Crippen LogP contribution in [-0.2, 0) is 9.47 Å². The molecule has 0 aliphatic heterocycles. The zero-order valence-corrected chi connectivity index (χ0v) is 13.8. The van der Waals surface area contributed by atoms with Gasteiger partial charge in [-0.3, -0.25) is 4.90 Å². The maximum absolute atomic E-state index is 5.62. The smallest absolute Gasteiger partial charge is 0.0701 e. The summed E-state index contributed by atoms with van der Waals surface area (Å²) in [6.07, 6.45) is 0. The highest BCUT2D eigenvalue weighted by molar-refractivity contribution is 4.66. The van der Waals surface area contributed by atoms with Gasteiger partial charge >= 0.3 is 0 Å². The van der Waals surface area contributed by atoms with Gasteiger partial charge in [0.1, 0.15) is 0 Å². The Morgan fingerprint density at radius 3 is 1.68 bits per heavy atom. The van der Waals surface area contributed by atoms with Crippen molar-refractivity contribution in [3.05, 3.63) is 0 Å². The van der Waals surface area contributed by atoms with Gasteiger partial charge in [0.15, 0.2) is 0 Å². The molecule has 0 aromatic carbocycles. The summed E-state index contributed by atoms with van der Waals surface area (Å²) in [5, 5.41) is 0. The zero-order valence-electron chi connectivity index (χ0n) is 13.8. The van der Waals surface area contributed by atoms with Gasteiger partial charge in [0.25, 0.3) is 0 Å².